The van der Waals surface area contributed by atoms with E-state index in [4.69, 9.17) is 28.4 Å². The van der Waals surface area contributed by atoms with Gasteiger partial charge in [-0.2, -0.15) is 0 Å². The lowest BCUT2D eigenvalue weighted by atomic mass is 9.86. The van der Waals surface area contributed by atoms with E-state index in [1.54, 1.807) is 42.5 Å². The fourth-order valence-corrected chi connectivity index (χ4v) is 6.41. The Morgan fingerprint density at radius 1 is 0.483 bits per heavy atom. The zero-order valence-electron chi connectivity index (χ0n) is 34.8. The van der Waals surface area contributed by atoms with E-state index in [1.165, 1.54) is 12.2 Å². The lowest BCUT2D eigenvalue weighted by molar-refractivity contribution is -0.138. The van der Waals surface area contributed by atoms with Gasteiger partial charge in [0, 0.05) is 17.7 Å². The summed E-state index contributed by atoms with van der Waals surface area (Å²) in [5, 5.41) is 3.61. The summed E-state index contributed by atoms with van der Waals surface area (Å²) in [7, 11) is 0. The molecule has 0 atom stereocenters. The molecule has 10 heteroatoms. The molecule has 0 spiro atoms. The lowest BCUT2D eigenvalue weighted by Crippen LogP contribution is -2.17. The molecular formula is C50H54O10. The number of hydrogen-bond acceptors (Lipinski definition) is 10. The van der Waals surface area contributed by atoms with Crippen LogP contribution >= 0.6 is 0 Å². The van der Waals surface area contributed by atoms with E-state index in [0.29, 0.717) is 54.6 Å². The molecule has 0 unspecified atom stereocenters. The minimum absolute atomic E-state index is 0.335. The molecule has 0 radical (unpaired) electrons. The zero-order chi connectivity index (χ0) is 42.9. The van der Waals surface area contributed by atoms with Gasteiger partial charge in [-0.1, -0.05) is 58.2 Å². The van der Waals surface area contributed by atoms with E-state index in [2.05, 4.69) is 13.2 Å². The Kier molecular flexibility index (Phi) is 16.4. The number of benzene rings is 5. The summed E-state index contributed by atoms with van der Waals surface area (Å²) in [5.41, 5.74) is 1.07. The SMILES string of the molecule is C=CC(=O)OCCCCCCOc1ccc2cc(C(=O)Oc3ccc(OC(=O)c4ccc5cc(OCCCCCCOC(=O)C=C)ccc5c4)c(C(C)(C)C)c3)ccc2c1. The molecule has 0 bridgehead atoms. The number of hydrogen-bond donors (Lipinski definition) is 0. The van der Waals surface area contributed by atoms with Crippen LogP contribution in [-0.4, -0.2) is 50.3 Å². The maximum atomic E-state index is 13.4. The molecule has 0 aromatic heterocycles. The molecule has 0 aliphatic heterocycles. The molecule has 5 aromatic carbocycles. The summed E-state index contributed by atoms with van der Waals surface area (Å²) in [6, 6.07) is 27.3. The quantitative estimate of drug-likeness (QED) is 0.0289. The molecule has 0 heterocycles. The molecule has 0 saturated heterocycles. The molecule has 5 rings (SSSR count). The van der Waals surface area contributed by atoms with Gasteiger partial charge in [0.05, 0.1) is 37.6 Å². The molecule has 0 N–H and O–H groups in total. The van der Waals surface area contributed by atoms with Crippen LogP contribution in [0.1, 0.15) is 98.4 Å². The third-order valence-electron chi connectivity index (χ3n) is 9.70. The molecule has 314 valence electrons. The van der Waals surface area contributed by atoms with Crippen LogP contribution in [0.5, 0.6) is 23.0 Å². The van der Waals surface area contributed by atoms with Crippen molar-refractivity contribution < 1.29 is 47.6 Å². The van der Waals surface area contributed by atoms with Crippen molar-refractivity contribution in [2.45, 2.75) is 77.6 Å². The molecule has 10 nitrogen and oxygen atoms in total. The van der Waals surface area contributed by atoms with Crippen LogP contribution in [0.15, 0.2) is 116 Å². The lowest BCUT2D eigenvalue weighted by Gasteiger charge is -2.23. The first kappa shape index (κ1) is 44.7. The number of rotatable bonds is 22. The molecule has 0 amide bonds. The highest BCUT2D eigenvalue weighted by molar-refractivity contribution is 5.98. The van der Waals surface area contributed by atoms with E-state index in [1.807, 2.05) is 69.3 Å². The van der Waals surface area contributed by atoms with E-state index in [9.17, 15) is 19.2 Å². The molecule has 0 fully saturated rings. The summed E-state index contributed by atoms with van der Waals surface area (Å²) in [6.45, 7) is 14.7. The Labute approximate surface area is 352 Å². The minimum Gasteiger partial charge on any atom is -0.494 e. The maximum Gasteiger partial charge on any atom is 0.343 e. The van der Waals surface area contributed by atoms with Crippen LogP contribution in [0.25, 0.3) is 21.5 Å². The highest BCUT2D eigenvalue weighted by Gasteiger charge is 2.23. The van der Waals surface area contributed by atoms with Crippen molar-refractivity contribution >= 4 is 45.4 Å². The smallest absolute Gasteiger partial charge is 0.343 e. The second kappa shape index (κ2) is 22.1. The third-order valence-corrected chi connectivity index (χ3v) is 9.70. The maximum absolute atomic E-state index is 13.4. The standard InChI is InChI=1S/C50H54O10/c1-6-46(51)57-28-14-10-8-12-26-55-41-22-20-35-30-39(18-16-37(35)32-41)48(53)59-43-24-25-45(44(34-43)50(3,4)5)60-49(54)40-19-17-38-33-42(23-21-36(38)31-40)56-27-13-9-11-15-29-58-47(52)7-2/h6-7,16-25,30-34H,1-2,8-15,26-29H2,3-5H3. The van der Waals surface area contributed by atoms with Gasteiger partial charge in [-0.15, -0.1) is 0 Å². The zero-order valence-corrected chi connectivity index (χ0v) is 34.8. The van der Waals surface area contributed by atoms with Crippen molar-refractivity contribution in [3.05, 3.63) is 133 Å². The van der Waals surface area contributed by atoms with Crippen molar-refractivity contribution in [1.29, 1.82) is 0 Å². The fourth-order valence-electron chi connectivity index (χ4n) is 6.41. The Hall–Kier alpha value is -6.42. The van der Waals surface area contributed by atoms with Crippen LogP contribution in [0.2, 0.25) is 0 Å². The fraction of sp³-hybridized carbons (Fsp3) is 0.320. The predicted molar refractivity (Wildman–Crippen MR) is 233 cm³/mol. The van der Waals surface area contributed by atoms with Gasteiger partial charge in [0.1, 0.15) is 23.0 Å². The van der Waals surface area contributed by atoms with Crippen LogP contribution in [-0.2, 0) is 24.5 Å². The highest BCUT2D eigenvalue weighted by atomic mass is 16.5. The summed E-state index contributed by atoms with van der Waals surface area (Å²) in [4.78, 5) is 49.0. The van der Waals surface area contributed by atoms with Crippen molar-refractivity contribution in [2.24, 2.45) is 0 Å². The van der Waals surface area contributed by atoms with Crippen molar-refractivity contribution in [1.82, 2.24) is 0 Å². The summed E-state index contributed by atoms with van der Waals surface area (Å²) in [6.07, 6.45) is 9.50. The number of carbonyl (C=O) groups is 4. The van der Waals surface area contributed by atoms with Crippen molar-refractivity contribution in [3.8, 4) is 23.0 Å². The largest absolute Gasteiger partial charge is 0.494 e. The van der Waals surface area contributed by atoms with Crippen LogP contribution in [0, 0.1) is 0 Å². The van der Waals surface area contributed by atoms with Gasteiger partial charge in [-0.05, 0) is 145 Å². The number of fused-ring (bicyclic) bond motifs is 2. The van der Waals surface area contributed by atoms with Gasteiger partial charge in [-0.25, -0.2) is 19.2 Å². The first-order valence-electron chi connectivity index (χ1n) is 20.4. The number of carbonyl (C=O) groups excluding carboxylic acids is 4. The molecule has 5 aromatic rings. The number of ether oxygens (including phenoxy) is 6. The van der Waals surface area contributed by atoms with Crippen molar-refractivity contribution in [3.63, 3.8) is 0 Å². The second-order valence-electron chi connectivity index (χ2n) is 15.4. The molecule has 0 aliphatic carbocycles. The average Bonchev–Trinajstić information content (AvgIpc) is 3.24. The van der Waals surface area contributed by atoms with E-state index >= 15 is 0 Å². The summed E-state index contributed by atoms with van der Waals surface area (Å²) < 4.78 is 33.7. The number of unbranched alkanes of at least 4 members (excludes halogenated alkanes) is 6. The third kappa shape index (κ3) is 13.6. The van der Waals surface area contributed by atoms with Crippen molar-refractivity contribution in [2.75, 3.05) is 26.4 Å². The predicted octanol–water partition coefficient (Wildman–Crippen LogP) is 11.1. The normalized spacial score (nSPS) is 11.1. The monoisotopic (exact) mass is 814 g/mol. The highest BCUT2D eigenvalue weighted by Crippen LogP contribution is 2.36. The minimum atomic E-state index is -0.508. The molecule has 0 aliphatic rings. The first-order chi connectivity index (χ1) is 28.9. The van der Waals surface area contributed by atoms with E-state index < -0.39 is 29.3 Å². The Bertz CT molecular complexity index is 2300. The first-order valence-corrected chi connectivity index (χ1v) is 20.4. The van der Waals surface area contributed by atoms with E-state index in [0.717, 1.165) is 84.4 Å². The Balaban J connectivity index is 1.13. The van der Waals surface area contributed by atoms with Gasteiger partial charge >= 0.3 is 23.9 Å². The molecule has 60 heavy (non-hydrogen) atoms. The van der Waals surface area contributed by atoms with Gasteiger partial charge in [0.2, 0.25) is 0 Å². The second-order valence-corrected chi connectivity index (χ2v) is 15.4. The molecule has 0 saturated carbocycles. The summed E-state index contributed by atoms with van der Waals surface area (Å²) >= 11 is 0. The van der Waals surface area contributed by atoms with Gasteiger partial charge in [-0.3, -0.25) is 0 Å². The van der Waals surface area contributed by atoms with Gasteiger partial charge < -0.3 is 28.4 Å². The average molecular weight is 815 g/mol. The molecular weight excluding hydrogens is 761 g/mol. The van der Waals surface area contributed by atoms with Crippen LogP contribution in [0.3, 0.4) is 0 Å². The Morgan fingerprint density at radius 2 is 0.900 bits per heavy atom. The summed E-state index contributed by atoms with van der Waals surface area (Å²) in [5.74, 6) is 0.401. The van der Waals surface area contributed by atoms with Gasteiger partial charge in [0.15, 0.2) is 0 Å². The Morgan fingerprint density at radius 3 is 1.37 bits per heavy atom. The van der Waals surface area contributed by atoms with Crippen LogP contribution in [0.4, 0.5) is 0 Å². The number of esters is 4. The topological polar surface area (TPSA) is 124 Å². The van der Waals surface area contributed by atoms with Crippen LogP contribution < -0.4 is 18.9 Å². The van der Waals surface area contributed by atoms with E-state index in [-0.39, 0.29) is 0 Å². The van der Waals surface area contributed by atoms with Gasteiger partial charge in [0.25, 0.3) is 0 Å².